The zero-order valence-corrected chi connectivity index (χ0v) is 17.8. The number of carbonyl (C=O) groups is 1. The first kappa shape index (κ1) is 21.9. The zero-order chi connectivity index (χ0) is 20.5. The maximum Gasteiger partial charge on any atom is 0.314 e. The summed E-state index contributed by atoms with van der Waals surface area (Å²) in [4.78, 5) is 16.7. The largest absolute Gasteiger partial charge is 0.337 e. The van der Waals surface area contributed by atoms with Crippen LogP contribution in [0.1, 0.15) is 22.7 Å². The highest BCUT2D eigenvalue weighted by molar-refractivity contribution is 5.73. The van der Waals surface area contributed by atoms with Crippen molar-refractivity contribution >= 4 is 6.03 Å². The lowest BCUT2D eigenvalue weighted by molar-refractivity contribution is 0.225. The minimum atomic E-state index is -0.126. The zero-order valence-electron chi connectivity index (χ0n) is 17.8. The molecule has 2 rings (SSSR count). The monoisotopic (exact) mass is 382 g/mol. The molecule has 0 fully saturated rings. The Morgan fingerprint density at radius 3 is 2.18 bits per heavy atom. The molecular formula is C23H34N4O. The second kappa shape index (κ2) is 10.8. The van der Waals surface area contributed by atoms with Crippen molar-refractivity contribution in [1.29, 1.82) is 0 Å². The molecular weight excluding hydrogens is 348 g/mol. The highest BCUT2D eigenvalue weighted by Gasteiger charge is 2.17. The molecule has 0 spiro atoms. The summed E-state index contributed by atoms with van der Waals surface area (Å²) in [6.45, 7) is 3.25. The molecule has 28 heavy (non-hydrogen) atoms. The van der Waals surface area contributed by atoms with Crippen molar-refractivity contribution in [2.24, 2.45) is 0 Å². The first-order chi connectivity index (χ1) is 13.4. The molecule has 0 aliphatic rings. The summed E-state index contributed by atoms with van der Waals surface area (Å²) < 4.78 is 0. The molecule has 0 radical (unpaired) electrons. The van der Waals surface area contributed by atoms with Crippen LogP contribution in [0.5, 0.6) is 0 Å². The van der Waals surface area contributed by atoms with Crippen LogP contribution in [0.15, 0.2) is 54.6 Å². The van der Waals surface area contributed by atoms with Crippen LogP contribution < -0.4 is 10.6 Å². The molecule has 152 valence electrons. The number of urea groups is 1. The summed E-state index contributed by atoms with van der Waals surface area (Å²) in [5, 5.41) is 6.06. The Morgan fingerprint density at radius 1 is 0.893 bits per heavy atom. The van der Waals surface area contributed by atoms with Crippen molar-refractivity contribution < 1.29 is 4.79 Å². The normalized spacial score (nSPS) is 13.4. The number of nitrogens with one attached hydrogen (secondary N) is 2. The number of hydrogen-bond acceptors (Lipinski definition) is 3. The Hall–Kier alpha value is -2.37. The van der Waals surface area contributed by atoms with Gasteiger partial charge in [-0.05, 0) is 52.7 Å². The average molecular weight is 383 g/mol. The molecule has 2 aromatic carbocycles. The van der Waals surface area contributed by atoms with Crippen LogP contribution in [0.3, 0.4) is 0 Å². The molecule has 0 aromatic heterocycles. The van der Waals surface area contributed by atoms with Crippen molar-refractivity contribution in [3.05, 3.63) is 71.3 Å². The fraction of sp³-hybridized carbons (Fsp3) is 0.435. The predicted octanol–water partition coefficient (Wildman–Crippen LogP) is 3.07. The fourth-order valence-corrected chi connectivity index (χ4v) is 3.26. The number of hydrogen-bond donors (Lipinski definition) is 2. The maximum absolute atomic E-state index is 12.4. The molecule has 0 aliphatic heterocycles. The number of rotatable bonds is 9. The molecule has 2 unspecified atom stereocenters. The van der Waals surface area contributed by atoms with Crippen LogP contribution in [-0.4, -0.2) is 63.2 Å². The predicted molar refractivity (Wildman–Crippen MR) is 117 cm³/mol. The van der Waals surface area contributed by atoms with Crippen molar-refractivity contribution in [2.45, 2.75) is 25.4 Å². The van der Waals surface area contributed by atoms with Crippen molar-refractivity contribution in [1.82, 2.24) is 20.4 Å². The van der Waals surface area contributed by atoms with Crippen LogP contribution >= 0.6 is 0 Å². The SMILES string of the molecule is Cc1cccc(C(CNC(=O)NCC(Cc2ccccc2)N(C)C)N(C)C)c1. The minimum absolute atomic E-state index is 0.126. The highest BCUT2D eigenvalue weighted by Crippen LogP contribution is 2.18. The van der Waals surface area contributed by atoms with E-state index in [-0.39, 0.29) is 18.1 Å². The summed E-state index contributed by atoms with van der Waals surface area (Å²) in [7, 11) is 8.17. The third-order valence-electron chi connectivity index (χ3n) is 5.05. The van der Waals surface area contributed by atoms with Crippen molar-refractivity contribution in [2.75, 3.05) is 41.3 Å². The van der Waals surface area contributed by atoms with Crippen molar-refractivity contribution in [3.8, 4) is 0 Å². The van der Waals surface area contributed by atoms with Gasteiger partial charge in [0.2, 0.25) is 0 Å². The van der Waals surface area contributed by atoms with Gasteiger partial charge in [-0.2, -0.15) is 0 Å². The number of likely N-dealkylation sites (N-methyl/N-ethyl adjacent to an activating group) is 2. The van der Waals surface area contributed by atoms with Crippen LogP contribution in [0, 0.1) is 6.92 Å². The number of aryl methyl sites for hydroxylation is 1. The Kier molecular flexibility index (Phi) is 8.48. The smallest absolute Gasteiger partial charge is 0.314 e. The van der Waals surface area contributed by atoms with E-state index in [9.17, 15) is 4.79 Å². The maximum atomic E-state index is 12.4. The van der Waals surface area contributed by atoms with Crippen molar-refractivity contribution in [3.63, 3.8) is 0 Å². The third kappa shape index (κ3) is 6.98. The van der Waals surface area contributed by atoms with Crippen LogP contribution in [-0.2, 0) is 6.42 Å². The van der Waals surface area contributed by atoms with Gasteiger partial charge < -0.3 is 20.4 Å². The van der Waals surface area contributed by atoms with E-state index in [1.54, 1.807) is 0 Å². The molecule has 5 nitrogen and oxygen atoms in total. The molecule has 2 amide bonds. The lowest BCUT2D eigenvalue weighted by Gasteiger charge is -2.27. The second-order valence-corrected chi connectivity index (χ2v) is 7.79. The number of nitrogens with zero attached hydrogens (tertiary/aromatic N) is 2. The summed E-state index contributed by atoms with van der Waals surface area (Å²) in [6, 6.07) is 19.1. The number of amides is 2. The topological polar surface area (TPSA) is 47.6 Å². The van der Waals surface area contributed by atoms with Gasteiger partial charge in [0.25, 0.3) is 0 Å². The van der Waals surface area contributed by atoms with E-state index in [2.05, 4.69) is 75.9 Å². The summed E-state index contributed by atoms with van der Waals surface area (Å²) >= 11 is 0. The van der Waals surface area contributed by atoms with E-state index in [1.165, 1.54) is 16.7 Å². The minimum Gasteiger partial charge on any atom is -0.337 e. The lowest BCUT2D eigenvalue weighted by Crippen LogP contribution is -2.46. The first-order valence-corrected chi connectivity index (χ1v) is 9.82. The number of benzene rings is 2. The van der Waals surface area contributed by atoms with Gasteiger partial charge in [0.1, 0.15) is 0 Å². The van der Waals surface area contributed by atoms with Gasteiger partial charge >= 0.3 is 6.03 Å². The van der Waals surface area contributed by atoms with Gasteiger partial charge in [-0.3, -0.25) is 0 Å². The highest BCUT2D eigenvalue weighted by atomic mass is 16.2. The molecule has 0 heterocycles. The molecule has 0 saturated heterocycles. The molecule has 0 saturated carbocycles. The molecule has 2 aromatic rings. The lowest BCUT2D eigenvalue weighted by atomic mass is 10.0. The van der Waals surface area contributed by atoms with E-state index in [0.717, 1.165) is 6.42 Å². The molecule has 5 heteroatoms. The quantitative estimate of drug-likeness (QED) is 0.701. The van der Waals surface area contributed by atoms with Gasteiger partial charge in [0, 0.05) is 19.1 Å². The van der Waals surface area contributed by atoms with E-state index < -0.39 is 0 Å². The third-order valence-corrected chi connectivity index (χ3v) is 5.05. The van der Waals surface area contributed by atoms with Crippen LogP contribution in [0.2, 0.25) is 0 Å². The number of carbonyl (C=O) groups excluding carboxylic acids is 1. The molecule has 2 N–H and O–H groups in total. The van der Waals surface area contributed by atoms with Gasteiger partial charge in [-0.25, -0.2) is 4.79 Å². The fourth-order valence-electron chi connectivity index (χ4n) is 3.26. The first-order valence-electron chi connectivity index (χ1n) is 9.82. The van der Waals surface area contributed by atoms with Crippen LogP contribution in [0.4, 0.5) is 4.79 Å². The average Bonchev–Trinajstić information content (AvgIpc) is 2.65. The van der Waals surface area contributed by atoms with Crippen LogP contribution in [0.25, 0.3) is 0 Å². The van der Waals surface area contributed by atoms with Gasteiger partial charge in [-0.15, -0.1) is 0 Å². The molecule has 2 atom stereocenters. The van der Waals surface area contributed by atoms with Gasteiger partial charge in [0.15, 0.2) is 0 Å². The molecule has 0 aliphatic carbocycles. The standard InChI is InChI=1S/C23H34N4O/c1-18-10-9-13-20(14-18)22(27(4)5)17-25-23(28)24-16-21(26(2)3)15-19-11-7-6-8-12-19/h6-14,21-22H,15-17H2,1-5H3,(H2,24,25,28). The Morgan fingerprint density at radius 2 is 1.57 bits per heavy atom. The Bertz CT molecular complexity index is 730. The summed E-state index contributed by atoms with van der Waals surface area (Å²) in [5.41, 5.74) is 3.71. The Labute approximate surface area is 169 Å². The van der Waals surface area contributed by atoms with E-state index in [0.29, 0.717) is 13.1 Å². The Balaban J connectivity index is 1.87. The molecule has 0 bridgehead atoms. The van der Waals surface area contributed by atoms with E-state index in [4.69, 9.17) is 0 Å². The van der Waals surface area contributed by atoms with Gasteiger partial charge in [0.05, 0.1) is 6.04 Å². The van der Waals surface area contributed by atoms with Gasteiger partial charge in [-0.1, -0.05) is 60.2 Å². The van der Waals surface area contributed by atoms with E-state index >= 15 is 0 Å². The second-order valence-electron chi connectivity index (χ2n) is 7.79. The summed E-state index contributed by atoms with van der Waals surface area (Å²) in [5.74, 6) is 0. The summed E-state index contributed by atoms with van der Waals surface area (Å²) in [6.07, 6.45) is 0.901. The van der Waals surface area contributed by atoms with E-state index in [1.807, 2.05) is 34.3 Å².